The van der Waals surface area contributed by atoms with Gasteiger partial charge in [-0.1, -0.05) is 36.4 Å². The van der Waals surface area contributed by atoms with E-state index in [-0.39, 0.29) is 26.9 Å². The standard InChI is InChI=1S/C15H17OP.CH3.Ru.H/c1-16-12-13-17(14-8-4-2-5-9-14)15-10-6-3-7-11-15;;;/h2-11H,12-13H2,1H3;1H3;;/q;-1;+1;/p+1. The monoisotopic (exact) mass is 363 g/mol. The zero-order valence-electron chi connectivity index (χ0n) is 11.5. The molecule has 0 fully saturated rings. The second-order valence-corrected chi connectivity index (χ2v) is 6.57. The van der Waals surface area contributed by atoms with Gasteiger partial charge in [0.2, 0.25) is 0 Å². The van der Waals surface area contributed by atoms with Crippen LogP contribution in [0.5, 0.6) is 0 Å². The van der Waals surface area contributed by atoms with Gasteiger partial charge in [-0.2, -0.15) is 0 Å². The maximum atomic E-state index is 5.24. The third-order valence-corrected chi connectivity index (χ3v) is 5.57. The van der Waals surface area contributed by atoms with E-state index in [2.05, 4.69) is 60.7 Å². The minimum absolute atomic E-state index is 0. The van der Waals surface area contributed by atoms with Crippen molar-refractivity contribution in [2.75, 3.05) is 19.9 Å². The molecule has 2 rings (SSSR count). The van der Waals surface area contributed by atoms with Crippen molar-refractivity contribution in [2.24, 2.45) is 0 Å². The first-order valence-corrected chi connectivity index (χ1v) is 7.58. The zero-order valence-corrected chi connectivity index (χ0v) is 14.3. The Morgan fingerprint density at radius 3 is 1.63 bits per heavy atom. The third-order valence-electron chi connectivity index (χ3n) is 2.80. The molecule has 0 bridgehead atoms. The molecule has 0 saturated carbocycles. The van der Waals surface area contributed by atoms with Gasteiger partial charge in [-0.05, 0) is 24.3 Å². The summed E-state index contributed by atoms with van der Waals surface area (Å²) in [5, 5.41) is 2.92. The first-order valence-electron chi connectivity index (χ1n) is 5.87. The summed E-state index contributed by atoms with van der Waals surface area (Å²) in [6, 6.07) is 21.6. The van der Waals surface area contributed by atoms with Gasteiger partial charge in [0.25, 0.3) is 0 Å². The number of ether oxygens (including phenoxy) is 1. The number of benzene rings is 2. The topological polar surface area (TPSA) is 9.23 Å². The van der Waals surface area contributed by atoms with E-state index in [9.17, 15) is 0 Å². The van der Waals surface area contributed by atoms with Crippen LogP contribution in [0.4, 0.5) is 0 Å². The third kappa shape index (κ3) is 5.53. The van der Waals surface area contributed by atoms with Crippen LogP contribution >= 0.6 is 7.92 Å². The molecule has 3 heteroatoms. The Labute approximate surface area is 130 Å². The maximum absolute atomic E-state index is 5.24. The van der Waals surface area contributed by atoms with E-state index < -0.39 is 7.92 Å². The van der Waals surface area contributed by atoms with Gasteiger partial charge in [0.1, 0.15) is 0 Å². The first-order chi connectivity index (χ1) is 8.42. The van der Waals surface area contributed by atoms with Gasteiger partial charge >= 0.3 is 19.5 Å². The van der Waals surface area contributed by atoms with Crippen LogP contribution in [0.3, 0.4) is 0 Å². The summed E-state index contributed by atoms with van der Waals surface area (Å²) >= 11 is 0. The van der Waals surface area contributed by atoms with Crippen LogP contribution in [0.2, 0.25) is 0 Å². The summed E-state index contributed by atoms with van der Waals surface area (Å²) < 4.78 is 5.24. The van der Waals surface area contributed by atoms with Gasteiger partial charge in [-0.25, -0.2) is 0 Å². The van der Waals surface area contributed by atoms with Crippen molar-refractivity contribution in [3.63, 3.8) is 0 Å². The van der Waals surface area contributed by atoms with Gasteiger partial charge in [0.15, 0.2) is 0 Å². The number of rotatable bonds is 5. The normalized spacial score (nSPS) is 9.58. The Hall–Kier alpha value is -0.547. The molecule has 0 amide bonds. The van der Waals surface area contributed by atoms with Crippen molar-refractivity contribution in [2.45, 2.75) is 0 Å². The molecule has 0 saturated heterocycles. The van der Waals surface area contributed by atoms with Crippen molar-refractivity contribution in [1.29, 1.82) is 0 Å². The molecule has 0 N–H and O–H groups in total. The molecule has 19 heavy (non-hydrogen) atoms. The van der Waals surface area contributed by atoms with Crippen LogP contribution in [-0.4, -0.2) is 19.9 Å². The van der Waals surface area contributed by atoms with Crippen LogP contribution in [0.25, 0.3) is 0 Å². The molecule has 0 aliphatic heterocycles. The zero-order chi connectivity index (χ0) is 11.9. The van der Waals surface area contributed by atoms with Crippen LogP contribution in [0.1, 0.15) is 0 Å². The predicted octanol–water partition coefficient (Wildman–Crippen LogP) is 2.68. The summed E-state index contributed by atoms with van der Waals surface area (Å²) in [6.45, 7) is 0.831. The number of methoxy groups -OCH3 is 1. The van der Waals surface area contributed by atoms with Gasteiger partial charge in [-0.3, -0.25) is 0 Å². The fraction of sp³-hybridized carbons (Fsp3) is 0.188. The Bertz CT molecular complexity index is 394. The molecule has 2 aromatic carbocycles. The molecule has 0 aliphatic rings. The van der Waals surface area contributed by atoms with Crippen molar-refractivity contribution in [3.8, 4) is 0 Å². The molecule has 0 heterocycles. The van der Waals surface area contributed by atoms with E-state index in [4.69, 9.17) is 4.74 Å². The van der Waals surface area contributed by atoms with Gasteiger partial charge in [0.05, 0.1) is 31.3 Å². The SMILES string of the molecule is COCC[PH+](c1ccccc1)c1ccccc1.[CH3-].[RuH+]. The number of hydrogen-bond donors (Lipinski definition) is 0. The molecule has 0 spiro atoms. The Morgan fingerprint density at radius 1 is 0.842 bits per heavy atom. The Morgan fingerprint density at radius 2 is 1.26 bits per heavy atom. The van der Waals surface area contributed by atoms with E-state index in [1.54, 1.807) is 7.11 Å². The van der Waals surface area contributed by atoms with Gasteiger partial charge in [-0.15, -0.1) is 0 Å². The van der Waals surface area contributed by atoms with E-state index in [0.29, 0.717) is 0 Å². The van der Waals surface area contributed by atoms with Crippen molar-refractivity contribution < 1.29 is 24.2 Å². The summed E-state index contributed by atoms with van der Waals surface area (Å²) in [4.78, 5) is 0. The van der Waals surface area contributed by atoms with Crippen LogP contribution < -0.4 is 10.6 Å². The Kier molecular flexibility index (Phi) is 9.97. The first kappa shape index (κ1) is 18.5. The summed E-state index contributed by atoms with van der Waals surface area (Å²) in [5.74, 6) is 0. The molecule has 0 aromatic heterocycles. The molecular weight excluding hydrogens is 340 g/mol. The average Bonchev–Trinajstić information content (AvgIpc) is 2.42. The van der Waals surface area contributed by atoms with Crippen LogP contribution in [-0.2, 0) is 24.2 Å². The van der Waals surface area contributed by atoms with Crippen LogP contribution in [0.15, 0.2) is 60.7 Å². The molecule has 1 radical (unpaired) electrons. The molecule has 0 aliphatic carbocycles. The summed E-state index contributed by atoms with van der Waals surface area (Å²) in [5.41, 5.74) is 0. The molecule has 1 nitrogen and oxygen atoms in total. The summed E-state index contributed by atoms with van der Waals surface area (Å²) in [6.07, 6.45) is 1.12. The molecule has 104 valence electrons. The second kappa shape index (κ2) is 10.3. The summed E-state index contributed by atoms with van der Waals surface area (Å²) in [7, 11) is 1.09. The average molecular weight is 362 g/mol. The van der Waals surface area contributed by atoms with E-state index in [1.807, 2.05) is 0 Å². The molecule has 2 aromatic rings. The van der Waals surface area contributed by atoms with Gasteiger partial charge < -0.3 is 12.2 Å². The quantitative estimate of drug-likeness (QED) is 0.452. The van der Waals surface area contributed by atoms with Crippen molar-refractivity contribution >= 4 is 18.5 Å². The van der Waals surface area contributed by atoms with E-state index in [0.717, 1.165) is 12.8 Å². The fourth-order valence-corrected chi connectivity index (χ4v) is 4.45. The minimum atomic E-state index is -0.687. The predicted molar refractivity (Wildman–Crippen MR) is 85.0 cm³/mol. The van der Waals surface area contributed by atoms with Crippen molar-refractivity contribution in [3.05, 3.63) is 68.1 Å². The fourth-order valence-electron chi connectivity index (χ4n) is 1.94. The van der Waals surface area contributed by atoms with Crippen LogP contribution in [0, 0.1) is 7.43 Å². The van der Waals surface area contributed by atoms with Gasteiger partial charge in [0, 0.05) is 7.11 Å². The van der Waals surface area contributed by atoms with E-state index in [1.165, 1.54) is 10.6 Å². The Balaban J connectivity index is 0.00000162. The molecular formula is C16H22OPRu+. The van der Waals surface area contributed by atoms with E-state index >= 15 is 0 Å². The number of hydrogen-bond acceptors (Lipinski definition) is 1. The molecule has 0 atom stereocenters. The second-order valence-electron chi connectivity index (χ2n) is 3.95. The molecule has 0 unspecified atom stereocenters. The van der Waals surface area contributed by atoms with Crippen molar-refractivity contribution in [1.82, 2.24) is 0 Å².